The van der Waals surface area contributed by atoms with Crippen LogP contribution in [0.25, 0.3) is 0 Å². The number of amides is 1. The lowest BCUT2D eigenvalue weighted by Crippen LogP contribution is -2.41. The van der Waals surface area contributed by atoms with Crippen molar-refractivity contribution in [3.8, 4) is 0 Å². The molecule has 0 bridgehead atoms. The Hall–Kier alpha value is -3.36. The summed E-state index contributed by atoms with van der Waals surface area (Å²) in [5, 5.41) is 8.64. The minimum absolute atomic E-state index is 0.0152. The molecule has 3 rings (SSSR count). The predicted molar refractivity (Wildman–Crippen MR) is 106 cm³/mol. The van der Waals surface area contributed by atoms with Crippen LogP contribution in [0.1, 0.15) is 32.8 Å². The Balaban J connectivity index is 1.75. The van der Waals surface area contributed by atoms with Gasteiger partial charge in [-0.15, -0.1) is 0 Å². The summed E-state index contributed by atoms with van der Waals surface area (Å²) in [5.41, 5.74) is 0.0807. The smallest absolute Gasteiger partial charge is 0.262 e. The Morgan fingerprint density at radius 2 is 2.14 bits per heavy atom. The number of fused-ring (bicyclic) bond motifs is 1. The highest BCUT2D eigenvalue weighted by atomic mass is 19.1. The summed E-state index contributed by atoms with van der Waals surface area (Å²) in [6.45, 7) is 5.22. The van der Waals surface area contributed by atoms with Gasteiger partial charge in [-0.3, -0.25) is 4.79 Å². The van der Waals surface area contributed by atoms with E-state index in [0.29, 0.717) is 23.0 Å². The van der Waals surface area contributed by atoms with Gasteiger partial charge in [0.25, 0.3) is 5.91 Å². The first kappa shape index (κ1) is 19.4. The molecule has 2 aromatic heterocycles. The molecule has 9 heteroatoms. The molecular weight excluding hydrogens is 361 g/mol. The van der Waals surface area contributed by atoms with Gasteiger partial charge < -0.3 is 16.0 Å². The highest BCUT2D eigenvalue weighted by molar-refractivity contribution is 6.00. The molecule has 1 amide bonds. The number of pyridine rings is 1. The molecule has 0 saturated carbocycles. The van der Waals surface area contributed by atoms with Gasteiger partial charge in [0, 0.05) is 30.1 Å². The van der Waals surface area contributed by atoms with Crippen LogP contribution in [0.2, 0.25) is 0 Å². The van der Waals surface area contributed by atoms with Crippen molar-refractivity contribution in [2.75, 3.05) is 16.0 Å². The van der Waals surface area contributed by atoms with E-state index in [1.807, 2.05) is 25.2 Å². The molecule has 0 fully saturated rings. The van der Waals surface area contributed by atoms with Gasteiger partial charge in [0.05, 0.1) is 0 Å². The maximum absolute atomic E-state index is 14.1. The third kappa shape index (κ3) is 4.48. The molecule has 0 aliphatic carbocycles. The summed E-state index contributed by atoms with van der Waals surface area (Å²) < 4.78 is 14.1. The predicted octanol–water partition coefficient (Wildman–Crippen LogP) is 3.51. The second-order valence-corrected chi connectivity index (χ2v) is 6.49. The first-order valence-corrected chi connectivity index (χ1v) is 8.96. The fourth-order valence-electron chi connectivity index (χ4n) is 2.62. The van der Waals surface area contributed by atoms with E-state index in [1.54, 1.807) is 6.07 Å². The fraction of sp³-hybridized carbons (Fsp3) is 0.316. The molecular formula is C19H22FN7O. The van der Waals surface area contributed by atoms with E-state index in [9.17, 15) is 9.18 Å². The Morgan fingerprint density at radius 1 is 1.36 bits per heavy atom. The average molecular weight is 383 g/mol. The largest absolute Gasteiger partial charge is 0.324 e. The number of rotatable bonds is 6. The number of anilines is 4. The molecule has 0 spiro atoms. The lowest BCUT2D eigenvalue weighted by atomic mass is 9.93. The van der Waals surface area contributed by atoms with Gasteiger partial charge in [-0.05, 0) is 31.9 Å². The number of nitrogens with zero attached hydrogens (tertiary/aromatic N) is 4. The topological polar surface area (TPSA) is 105 Å². The number of carbonyl (C=O) groups excluding carboxylic acids is 1. The zero-order valence-corrected chi connectivity index (χ0v) is 16.0. The number of allylic oxidation sites excluding steroid dienone is 3. The molecule has 1 aliphatic heterocycles. The Bertz CT molecular complexity index is 940. The van der Waals surface area contributed by atoms with Gasteiger partial charge in [-0.1, -0.05) is 19.1 Å². The van der Waals surface area contributed by atoms with Crippen LogP contribution in [0, 0.1) is 0 Å². The standard InChI is InChI=1S/C19H22FN7O/c1-4-6-7-13(5-2)24-17-22-11-23-18(27-17)26-15-8-14-12(10-21-15)9-19(3,20)16(28)25-14/h5-8,10-11H,4,9H2,1-3H3,(H,25,28)(H2,21,22,23,24,26,27)/b7-6-,13-5+. The highest BCUT2D eigenvalue weighted by Gasteiger charge is 2.38. The molecule has 1 unspecified atom stereocenters. The van der Waals surface area contributed by atoms with Crippen LogP contribution >= 0.6 is 0 Å². The van der Waals surface area contributed by atoms with Crippen LogP contribution in [0.5, 0.6) is 0 Å². The van der Waals surface area contributed by atoms with E-state index < -0.39 is 11.6 Å². The van der Waals surface area contributed by atoms with Gasteiger partial charge >= 0.3 is 0 Å². The summed E-state index contributed by atoms with van der Waals surface area (Å²) in [6.07, 6.45) is 9.70. The molecule has 1 aliphatic rings. The first-order chi connectivity index (χ1) is 13.4. The summed E-state index contributed by atoms with van der Waals surface area (Å²) in [5.74, 6) is 0.432. The van der Waals surface area contributed by atoms with Crippen molar-refractivity contribution >= 4 is 29.3 Å². The van der Waals surface area contributed by atoms with E-state index >= 15 is 0 Å². The summed E-state index contributed by atoms with van der Waals surface area (Å²) >= 11 is 0. The summed E-state index contributed by atoms with van der Waals surface area (Å²) in [6, 6.07) is 1.63. The monoisotopic (exact) mass is 383 g/mol. The lowest BCUT2D eigenvalue weighted by molar-refractivity contribution is -0.126. The molecule has 0 aromatic carbocycles. The van der Waals surface area contributed by atoms with Gasteiger partial charge in [-0.25, -0.2) is 19.3 Å². The normalized spacial score (nSPS) is 19.3. The quantitative estimate of drug-likeness (QED) is 0.656. The molecule has 2 aromatic rings. The third-order valence-corrected chi connectivity index (χ3v) is 4.14. The molecule has 3 heterocycles. The number of hydrogen-bond acceptors (Lipinski definition) is 7. The van der Waals surface area contributed by atoms with Gasteiger partial charge in [0.1, 0.15) is 12.1 Å². The van der Waals surface area contributed by atoms with Crippen molar-refractivity contribution in [1.82, 2.24) is 19.9 Å². The average Bonchev–Trinajstić information content (AvgIpc) is 2.66. The van der Waals surface area contributed by atoms with Crippen molar-refractivity contribution in [3.63, 3.8) is 0 Å². The fourth-order valence-corrected chi connectivity index (χ4v) is 2.62. The van der Waals surface area contributed by atoms with Crippen molar-refractivity contribution in [2.45, 2.75) is 39.3 Å². The number of aromatic nitrogens is 4. The Kier molecular flexibility index (Phi) is 5.62. The number of halogens is 1. The van der Waals surface area contributed by atoms with E-state index in [4.69, 9.17) is 0 Å². The van der Waals surface area contributed by atoms with E-state index in [-0.39, 0.29) is 12.4 Å². The molecule has 1 atom stereocenters. The zero-order valence-electron chi connectivity index (χ0n) is 16.0. The number of hydrogen-bond donors (Lipinski definition) is 3. The van der Waals surface area contributed by atoms with E-state index in [2.05, 4.69) is 42.8 Å². The number of alkyl halides is 1. The maximum atomic E-state index is 14.1. The van der Waals surface area contributed by atoms with Crippen molar-refractivity contribution in [2.24, 2.45) is 0 Å². The molecule has 8 nitrogen and oxygen atoms in total. The van der Waals surface area contributed by atoms with Crippen LogP contribution in [0.4, 0.5) is 27.8 Å². The Labute approximate surface area is 162 Å². The van der Waals surface area contributed by atoms with Gasteiger partial charge in [0.15, 0.2) is 5.67 Å². The second-order valence-electron chi connectivity index (χ2n) is 6.49. The second kappa shape index (κ2) is 8.12. The first-order valence-electron chi connectivity index (χ1n) is 8.96. The van der Waals surface area contributed by atoms with Crippen molar-refractivity contribution < 1.29 is 9.18 Å². The van der Waals surface area contributed by atoms with Crippen LogP contribution in [0.15, 0.2) is 42.5 Å². The van der Waals surface area contributed by atoms with Crippen molar-refractivity contribution in [1.29, 1.82) is 0 Å². The van der Waals surface area contributed by atoms with Crippen LogP contribution < -0.4 is 16.0 Å². The minimum atomic E-state index is -1.94. The van der Waals surface area contributed by atoms with Crippen LogP contribution in [-0.4, -0.2) is 31.5 Å². The maximum Gasteiger partial charge on any atom is 0.262 e. The summed E-state index contributed by atoms with van der Waals surface area (Å²) in [4.78, 5) is 28.6. The third-order valence-electron chi connectivity index (χ3n) is 4.14. The number of nitrogens with one attached hydrogen (secondary N) is 3. The van der Waals surface area contributed by atoms with Crippen molar-refractivity contribution in [3.05, 3.63) is 48.1 Å². The van der Waals surface area contributed by atoms with E-state index in [1.165, 1.54) is 19.4 Å². The summed E-state index contributed by atoms with van der Waals surface area (Å²) in [7, 11) is 0. The highest BCUT2D eigenvalue weighted by Crippen LogP contribution is 2.31. The molecule has 0 saturated heterocycles. The number of carbonyl (C=O) groups is 1. The minimum Gasteiger partial charge on any atom is -0.324 e. The zero-order chi connectivity index (χ0) is 20.1. The molecule has 3 N–H and O–H groups in total. The van der Waals surface area contributed by atoms with E-state index in [0.717, 1.165) is 12.1 Å². The van der Waals surface area contributed by atoms with Crippen LogP contribution in [0.3, 0.4) is 0 Å². The Morgan fingerprint density at radius 3 is 2.89 bits per heavy atom. The lowest BCUT2D eigenvalue weighted by Gasteiger charge is -2.27. The molecule has 28 heavy (non-hydrogen) atoms. The van der Waals surface area contributed by atoms with Gasteiger partial charge in [0.2, 0.25) is 11.9 Å². The molecule has 0 radical (unpaired) electrons. The SMILES string of the molecule is C/C=C(\C=C/CC)Nc1ncnc(Nc2cc3c(cn2)CC(C)(F)C(=O)N3)n1. The van der Waals surface area contributed by atoms with Crippen LogP contribution in [-0.2, 0) is 11.2 Å². The van der Waals surface area contributed by atoms with Gasteiger partial charge in [-0.2, -0.15) is 4.98 Å². The molecule has 146 valence electrons.